The first-order valence-electron chi connectivity index (χ1n) is 14.4. The highest BCUT2D eigenvalue weighted by Crippen LogP contribution is 2.27. The smallest absolute Gasteiger partial charge is 0.250 e. The van der Waals surface area contributed by atoms with Crippen LogP contribution in [0.4, 0.5) is 5.69 Å². The number of methoxy groups -OCH3 is 1. The molecule has 0 spiro atoms. The first-order valence-corrected chi connectivity index (χ1v) is 14.4. The van der Waals surface area contributed by atoms with E-state index in [1.165, 1.54) is 12.3 Å². The van der Waals surface area contributed by atoms with Crippen molar-refractivity contribution in [2.75, 3.05) is 12.8 Å². The molecule has 0 saturated carbocycles. The highest BCUT2D eigenvalue weighted by atomic mass is 16.5. The summed E-state index contributed by atoms with van der Waals surface area (Å²) in [7, 11) is 1.66. The number of nitrogens with one attached hydrogen (secondary N) is 1. The van der Waals surface area contributed by atoms with Gasteiger partial charge in [0.05, 0.1) is 6.54 Å². The van der Waals surface area contributed by atoms with E-state index in [0.717, 1.165) is 40.7 Å². The summed E-state index contributed by atoms with van der Waals surface area (Å²) in [6, 6.07) is 21.4. The Kier molecular flexibility index (Phi) is 13.6. The minimum Gasteiger partial charge on any atom is -0.398 e. The van der Waals surface area contributed by atoms with Crippen LogP contribution in [0.15, 0.2) is 91.7 Å². The Morgan fingerprint density at radius 3 is 2.31 bits per heavy atom. The summed E-state index contributed by atoms with van der Waals surface area (Å²) in [4.78, 5) is 26.2. The van der Waals surface area contributed by atoms with Crippen LogP contribution < -0.4 is 5.73 Å². The molecule has 0 bridgehead atoms. The fraction of sp³-hybridized carbons (Fsp3) is 0.306. The zero-order chi connectivity index (χ0) is 31.2. The average molecular weight is 568 g/mol. The molecule has 3 aromatic rings. The molecule has 0 saturated heterocycles. The second-order valence-electron chi connectivity index (χ2n) is 10.2. The molecular formula is C36H45N3O3. The van der Waals surface area contributed by atoms with Crippen LogP contribution in [0.3, 0.4) is 0 Å². The van der Waals surface area contributed by atoms with Crippen molar-refractivity contribution < 1.29 is 14.3 Å². The third kappa shape index (κ3) is 9.38. The third-order valence-electron chi connectivity index (χ3n) is 7.11. The number of Topliss-reactive ketones (excluding diaryl/α,β-unsaturated/α-hetero) is 1. The van der Waals surface area contributed by atoms with Crippen molar-refractivity contribution in [3.63, 3.8) is 0 Å². The normalized spacial score (nSPS) is 12.1. The molecule has 0 aliphatic heterocycles. The molecule has 0 fully saturated rings. The Morgan fingerprint density at radius 1 is 1.05 bits per heavy atom. The van der Waals surface area contributed by atoms with Gasteiger partial charge in [-0.1, -0.05) is 87.5 Å². The molecular weight excluding hydrogens is 522 g/mol. The SMILES string of the molecule is C=CN(Cc1ccc(C(OC)c2cccc(C(=O)C(C)CC)c2)cc1)C(=O)/C=C\C.CCC(=N)c1cc(C)ccc1N. The lowest BCUT2D eigenvalue weighted by Crippen LogP contribution is -2.22. The fourth-order valence-corrected chi connectivity index (χ4v) is 4.38. The number of allylic oxidation sites excluding steroid dienone is 1. The summed E-state index contributed by atoms with van der Waals surface area (Å²) in [6.07, 6.45) is 6.04. The van der Waals surface area contributed by atoms with E-state index in [4.69, 9.17) is 15.9 Å². The first-order chi connectivity index (χ1) is 20.1. The van der Waals surface area contributed by atoms with Gasteiger partial charge in [-0.05, 0) is 67.7 Å². The van der Waals surface area contributed by atoms with E-state index in [2.05, 4.69) is 6.58 Å². The van der Waals surface area contributed by atoms with Crippen molar-refractivity contribution >= 4 is 23.1 Å². The monoisotopic (exact) mass is 567 g/mol. The van der Waals surface area contributed by atoms with E-state index >= 15 is 0 Å². The van der Waals surface area contributed by atoms with Gasteiger partial charge in [0.1, 0.15) is 6.10 Å². The number of ketones is 1. The summed E-state index contributed by atoms with van der Waals surface area (Å²) >= 11 is 0. The molecule has 6 heteroatoms. The first kappa shape index (κ1) is 33.9. The highest BCUT2D eigenvalue weighted by molar-refractivity contribution is 6.02. The van der Waals surface area contributed by atoms with Crippen LogP contribution >= 0.6 is 0 Å². The molecule has 2 atom stereocenters. The van der Waals surface area contributed by atoms with Crippen LogP contribution in [0.25, 0.3) is 0 Å². The maximum atomic E-state index is 12.6. The molecule has 0 radical (unpaired) electrons. The van der Waals surface area contributed by atoms with Crippen LogP contribution in [0.2, 0.25) is 0 Å². The molecule has 222 valence electrons. The Bertz CT molecular complexity index is 1390. The maximum absolute atomic E-state index is 12.6. The molecule has 1 amide bonds. The second kappa shape index (κ2) is 16.8. The molecule has 0 aromatic heterocycles. The molecule has 0 aliphatic rings. The summed E-state index contributed by atoms with van der Waals surface area (Å²) in [6.45, 7) is 13.9. The van der Waals surface area contributed by atoms with Crippen LogP contribution in [0, 0.1) is 18.3 Å². The van der Waals surface area contributed by atoms with Gasteiger partial charge in [0.2, 0.25) is 5.91 Å². The lowest BCUT2D eigenvalue weighted by molar-refractivity contribution is -0.124. The van der Waals surface area contributed by atoms with Gasteiger partial charge < -0.3 is 20.8 Å². The van der Waals surface area contributed by atoms with Gasteiger partial charge in [0.25, 0.3) is 0 Å². The maximum Gasteiger partial charge on any atom is 0.250 e. The minimum absolute atomic E-state index is 0.00130. The minimum atomic E-state index is -0.274. The predicted octanol–water partition coefficient (Wildman–Crippen LogP) is 8.05. The number of benzene rings is 3. The number of amides is 1. The Labute approximate surface area is 251 Å². The van der Waals surface area contributed by atoms with E-state index in [1.807, 2.05) is 101 Å². The number of nitrogen functional groups attached to an aromatic ring is 1. The molecule has 2 unspecified atom stereocenters. The number of ether oxygens (including phenoxy) is 1. The standard InChI is InChI=1S/C26H31NO3.C10H14N2/c1-6-10-24(28)27(8-3)18-20-13-15-21(16-14-20)26(30-5)23-12-9-11-22(17-23)25(29)19(4)7-2;1-3-9(11)8-6-7(2)4-5-10(8)12/h6,8-17,19,26H,3,7,18H2,1-2,4-5H3;4-6,11H,3,12H2,1-2H3/b10-6-;. The number of carbonyl (C=O) groups is 2. The zero-order valence-corrected chi connectivity index (χ0v) is 25.8. The Balaban J connectivity index is 0.000000428. The average Bonchev–Trinajstić information content (AvgIpc) is 3.01. The summed E-state index contributed by atoms with van der Waals surface area (Å²) in [5.41, 5.74) is 12.7. The van der Waals surface area contributed by atoms with Gasteiger partial charge in [0.15, 0.2) is 5.78 Å². The molecule has 0 heterocycles. The van der Waals surface area contributed by atoms with Crippen molar-refractivity contribution in [1.29, 1.82) is 5.41 Å². The van der Waals surface area contributed by atoms with Crippen molar-refractivity contribution in [2.45, 2.75) is 60.1 Å². The van der Waals surface area contributed by atoms with E-state index in [9.17, 15) is 9.59 Å². The summed E-state index contributed by atoms with van der Waals surface area (Å²) in [5.74, 6) is 0.0487. The lowest BCUT2D eigenvalue weighted by Gasteiger charge is -2.19. The summed E-state index contributed by atoms with van der Waals surface area (Å²) < 4.78 is 5.76. The van der Waals surface area contributed by atoms with Crippen molar-refractivity contribution in [2.24, 2.45) is 5.92 Å². The van der Waals surface area contributed by atoms with Gasteiger partial charge in [-0.2, -0.15) is 0 Å². The highest BCUT2D eigenvalue weighted by Gasteiger charge is 2.18. The van der Waals surface area contributed by atoms with E-state index in [0.29, 0.717) is 23.5 Å². The van der Waals surface area contributed by atoms with Crippen molar-refractivity contribution in [1.82, 2.24) is 4.90 Å². The number of rotatable bonds is 12. The van der Waals surface area contributed by atoms with Crippen LogP contribution in [-0.4, -0.2) is 29.4 Å². The zero-order valence-electron chi connectivity index (χ0n) is 25.8. The van der Waals surface area contributed by atoms with Crippen LogP contribution in [0.1, 0.15) is 84.8 Å². The molecule has 3 N–H and O–H groups in total. The number of hydrogen-bond donors (Lipinski definition) is 2. The van der Waals surface area contributed by atoms with Crippen molar-refractivity contribution in [3.05, 3.63) is 125 Å². The fourth-order valence-electron chi connectivity index (χ4n) is 4.38. The lowest BCUT2D eigenvalue weighted by atomic mass is 9.93. The largest absolute Gasteiger partial charge is 0.398 e. The molecule has 3 rings (SSSR count). The number of hydrogen-bond acceptors (Lipinski definition) is 5. The summed E-state index contributed by atoms with van der Waals surface area (Å²) in [5, 5.41) is 7.64. The number of nitrogens with two attached hydrogens (primary N) is 1. The van der Waals surface area contributed by atoms with Gasteiger partial charge >= 0.3 is 0 Å². The number of carbonyl (C=O) groups excluding carboxylic acids is 2. The molecule has 6 nitrogen and oxygen atoms in total. The molecule has 42 heavy (non-hydrogen) atoms. The van der Waals surface area contributed by atoms with Crippen LogP contribution in [0.5, 0.6) is 0 Å². The van der Waals surface area contributed by atoms with Gasteiger partial charge in [0, 0.05) is 41.8 Å². The number of nitrogens with zero attached hydrogens (tertiary/aromatic N) is 1. The Morgan fingerprint density at radius 2 is 1.74 bits per heavy atom. The number of aryl methyl sites for hydroxylation is 1. The van der Waals surface area contributed by atoms with E-state index in [-0.39, 0.29) is 23.7 Å². The third-order valence-corrected chi connectivity index (χ3v) is 7.11. The van der Waals surface area contributed by atoms with Gasteiger partial charge in [-0.15, -0.1) is 0 Å². The number of anilines is 1. The van der Waals surface area contributed by atoms with E-state index in [1.54, 1.807) is 18.1 Å². The predicted molar refractivity (Wildman–Crippen MR) is 174 cm³/mol. The van der Waals surface area contributed by atoms with Gasteiger partial charge in [-0.3, -0.25) is 9.59 Å². The van der Waals surface area contributed by atoms with Gasteiger partial charge in [-0.25, -0.2) is 0 Å². The topological polar surface area (TPSA) is 96.5 Å². The second-order valence-corrected chi connectivity index (χ2v) is 10.2. The molecule has 0 aliphatic carbocycles. The molecule has 3 aromatic carbocycles. The Hall–Kier alpha value is -4.29. The van der Waals surface area contributed by atoms with E-state index < -0.39 is 0 Å². The quantitative estimate of drug-likeness (QED) is 0.100. The van der Waals surface area contributed by atoms with Crippen molar-refractivity contribution in [3.8, 4) is 0 Å². The van der Waals surface area contributed by atoms with Crippen LogP contribution in [-0.2, 0) is 16.1 Å².